The van der Waals surface area contributed by atoms with Crippen molar-refractivity contribution in [1.29, 1.82) is 0 Å². The molecule has 7 heteroatoms. The summed E-state index contributed by atoms with van der Waals surface area (Å²) in [6.07, 6.45) is 6.76. The monoisotopic (exact) mass is 415 g/mol. The predicted octanol–water partition coefficient (Wildman–Crippen LogP) is 2.27. The molecule has 0 saturated heterocycles. The molecule has 2 fully saturated rings. The summed E-state index contributed by atoms with van der Waals surface area (Å²) in [5.41, 5.74) is 0.439. The SMILES string of the molecule is C=C1CCC2[C@](C)(C=O)C(=O)CC[C@@]2(C)[C@@H]1C=C(NCC(=O)OC)C1=CCOC1=O. The standard InChI is InChI=1S/C23H29NO6/c1-14-5-6-18-22(2,9-7-19(26)23(18,3)13-25)16(14)11-17(24-12-20(27)29-4)15-8-10-30-21(15)28/h8,11,13,16,18,24H,1,5-7,9-10,12H2,2-4H3/t16-,18?,22+,23+/m1/s1. The van der Waals surface area contributed by atoms with Gasteiger partial charge in [-0.1, -0.05) is 25.2 Å². The number of hydrogen-bond donors (Lipinski definition) is 1. The fourth-order valence-electron chi connectivity index (χ4n) is 5.35. The first-order valence-corrected chi connectivity index (χ1v) is 10.2. The number of methoxy groups -OCH3 is 1. The molecule has 0 aromatic carbocycles. The third-order valence-corrected chi connectivity index (χ3v) is 7.16. The highest BCUT2D eigenvalue weighted by Gasteiger charge is 2.57. The second-order valence-electron chi connectivity index (χ2n) is 8.78. The third-order valence-electron chi connectivity index (χ3n) is 7.16. The fourth-order valence-corrected chi connectivity index (χ4v) is 5.35. The van der Waals surface area contributed by atoms with Gasteiger partial charge in [0, 0.05) is 18.0 Å². The Bertz CT molecular complexity index is 856. The van der Waals surface area contributed by atoms with E-state index in [0.717, 1.165) is 18.3 Å². The maximum atomic E-state index is 12.6. The van der Waals surface area contributed by atoms with Gasteiger partial charge in [0.25, 0.3) is 0 Å². The van der Waals surface area contributed by atoms with Gasteiger partial charge in [0.05, 0.1) is 18.1 Å². The van der Waals surface area contributed by atoms with E-state index in [-0.39, 0.29) is 36.2 Å². The summed E-state index contributed by atoms with van der Waals surface area (Å²) in [6, 6.07) is 0. The highest BCUT2D eigenvalue weighted by Crippen LogP contribution is 2.59. The molecule has 2 saturated carbocycles. The number of aldehydes is 1. The highest BCUT2D eigenvalue weighted by molar-refractivity contribution is 5.99. The zero-order valence-electron chi connectivity index (χ0n) is 17.8. The lowest BCUT2D eigenvalue weighted by Crippen LogP contribution is -2.54. The van der Waals surface area contributed by atoms with Crippen LogP contribution in [0.3, 0.4) is 0 Å². The van der Waals surface area contributed by atoms with Gasteiger partial charge in [-0.05, 0) is 43.6 Å². The van der Waals surface area contributed by atoms with E-state index in [2.05, 4.69) is 18.8 Å². The number of nitrogens with one attached hydrogen (secondary N) is 1. The first kappa shape index (κ1) is 22.0. The number of rotatable bonds is 6. The molecule has 0 aromatic heterocycles. The van der Waals surface area contributed by atoms with Crippen LogP contribution in [0.25, 0.3) is 0 Å². The summed E-state index contributed by atoms with van der Waals surface area (Å²) in [5.74, 6) is -1.23. The average Bonchev–Trinajstić information content (AvgIpc) is 3.15. The molecule has 1 heterocycles. The number of carbonyl (C=O) groups excluding carboxylic acids is 4. The van der Waals surface area contributed by atoms with Gasteiger partial charge in [0.1, 0.15) is 25.2 Å². The number of fused-ring (bicyclic) bond motifs is 1. The molecular formula is C23H29NO6. The molecule has 3 rings (SSSR count). The zero-order chi connectivity index (χ0) is 22.1. The first-order chi connectivity index (χ1) is 14.2. The van der Waals surface area contributed by atoms with Gasteiger partial charge >= 0.3 is 11.9 Å². The number of carbonyl (C=O) groups is 4. The number of cyclic esters (lactones) is 1. The lowest BCUT2D eigenvalue weighted by molar-refractivity contribution is -0.150. The summed E-state index contributed by atoms with van der Waals surface area (Å²) >= 11 is 0. The van der Waals surface area contributed by atoms with Gasteiger partial charge in [0.2, 0.25) is 0 Å². The van der Waals surface area contributed by atoms with Crippen LogP contribution in [0.5, 0.6) is 0 Å². The van der Waals surface area contributed by atoms with Crippen LogP contribution >= 0.6 is 0 Å². The Morgan fingerprint density at radius 3 is 2.70 bits per heavy atom. The minimum atomic E-state index is -1.02. The maximum Gasteiger partial charge on any atom is 0.340 e. The third kappa shape index (κ3) is 3.61. The van der Waals surface area contributed by atoms with Crippen LogP contribution in [0, 0.1) is 22.7 Å². The molecule has 0 amide bonds. The van der Waals surface area contributed by atoms with E-state index in [1.54, 1.807) is 13.0 Å². The van der Waals surface area contributed by atoms with Crippen molar-refractivity contribution in [3.05, 3.63) is 35.6 Å². The zero-order valence-corrected chi connectivity index (χ0v) is 17.8. The number of Topliss-reactive ketones (excluding diaryl/α,β-unsaturated/α-hetero) is 1. The van der Waals surface area contributed by atoms with E-state index in [9.17, 15) is 19.2 Å². The maximum absolute atomic E-state index is 12.6. The van der Waals surface area contributed by atoms with Crippen molar-refractivity contribution in [2.45, 2.75) is 39.5 Å². The molecule has 0 aromatic rings. The van der Waals surface area contributed by atoms with Crippen LogP contribution < -0.4 is 5.32 Å². The van der Waals surface area contributed by atoms with Crippen molar-refractivity contribution in [2.24, 2.45) is 22.7 Å². The minimum Gasteiger partial charge on any atom is -0.468 e. The van der Waals surface area contributed by atoms with E-state index in [4.69, 9.17) is 9.47 Å². The quantitative estimate of drug-likeness (QED) is 0.307. The molecule has 3 aliphatic rings. The van der Waals surface area contributed by atoms with Crippen molar-refractivity contribution in [1.82, 2.24) is 5.32 Å². The van der Waals surface area contributed by atoms with E-state index in [0.29, 0.717) is 30.5 Å². The molecule has 1 N–H and O–H groups in total. The van der Waals surface area contributed by atoms with Crippen molar-refractivity contribution in [3.8, 4) is 0 Å². The summed E-state index contributed by atoms with van der Waals surface area (Å²) in [4.78, 5) is 48.5. The van der Waals surface area contributed by atoms with Crippen LogP contribution in [0.15, 0.2) is 35.6 Å². The van der Waals surface area contributed by atoms with Gasteiger partial charge < -0.3 is 19.6 Å². The molecule has 1 aliphatic heterocycles. The van der Waals surface area contributed by atoms with Gasteiger partial charge in [-0.2, -0.15) is 0 Å². The normalized spacial score (nSPS) is 34.0. The Labute approximate surface area is 176 Å². The van der Waals surface area contributed by atoms with Gasteiger partial charge in [-0.15, -0.1) is 0 Å². The Balaban J connectivity index is 2.02. The Kier molecular flexibility index (Phi) is 6.01. The molecule has 2 aliphatic carbocycles. The topological polar surface area (TPSA) is 98.8 Å². The van der Waals surface area contributed by atoms with Crippen LogP contribution in [0.4, 0.5) is 0 Å². The van der Waals surface area contributed by atoms with E-state index < -0.39 is 17.4 Å². The van der Waals surface area contributed by atoms with Gasteiger partial charge in [-0.25, -0.2) is 4.79 Å². The predicted molar refractivity (Wildman–Crippen MR) is 109 cm³/mol. The molecule has 7 nitrogen and oxygen atoms in total. The lowest BCUT2D eigenvalue weighted by Gasteiger charge is -2.55. The largest absolute Gasteiger partial charge is 0.468 e. The smallest absolute Gasteiger partial charge is 0.340 e. The molecule has 0 bridgehead atoms. The van der Waals surface area contributed by atoms with Crippen LogP contribution in [0.1, 0.15) is 39.5 Å². The average molecular weight is 415 g/mol. The van der Waals surface area contributed by atoms with Crippen molar-refractivity contribution in [2.75, 3.05) is 20.3 Å². The van der Waals surface area contributed by atoms with E-state index in [1.165, 1.54) is 7.11 Å². The second kappa shape index (κ2) is 8.20. The molecule has 4 atom stereocenters. The van der Waals surface area contributed by atoms with Crippen LogP contribution in [-0.2, 0) is 28.7 Å². The molecule has 0 spiro atoms. The summed E-state index contributed by atoms with van der Waals surface area (Å²) in [7, 11) is 1.30. The number of esters is 2. The van der Waals surface area contributed by atoms with E-state index >= 15 is 0 Å². The first-order valence-electron chi connectivity index (χ1n) is 10.2. The van der Waals surface area contributed by atoms with Crippen molar-refractivity contribution >= 4 is 24.0 Å². The van der Waals surface area contributed by atoms with Crippen LogP contribution in [-0.4, -0.2) is 44.3 Å². The summed E-state index contributed by atoms with van der Waals surface area (Å²) in [6.45, 7) is 8.17. The second-order valence-corrected chi connectivity index (χ2v) is 8.78. The van der Waals surface area contributed by atoms with Crippen LogP contribution in [0.2, 0.25) is 0 Å². The molecular weight excluding hydrogens is 386 g/mol. The Morgan fingerprint density at radius 2 is 2.10 bits per heavy atom. The Hall–Kier alpha value is -2.70. The molecule has 0 radical (unpaired) electrons. The van der Waals surface area contributed by atoms with E-state index in [1.807, 2.05) is 6.08 Å². The number of ether oxygens (including phenoxy) is 2. The van der Waals surface area contributed by atoms with Gasteiger partial charge in [-0.3, -0.25) is 9.59 Å². The highest BCUT2D eigenvalue weighted by atomic mass is 16.5. The Morgan fingerprint density at radius 1 is 1.37 bits per heavy atom. The molecule has 30 heavy (non-hydrogen) atoms. The summed E-state index contributed by atoms with van der Waals surface area (Å²) < 4.78 is 9.75. The van der Waals surface area contributed by atoms with Gasteiger partial charge in [0.15, 0.2) is 0 Å². The van der Waals surface area contributed by atoms with Crippen molar-refractivity contribution < 1.29 is 28.7 Å². The molecule has 1 unspecified atom stereocenters. The van der Waals surface area contributed by atoms with Crippen molar-refractivity contribution in [3.63, 3.8) is 0 Å². The minimum absolute atomic E-state index is 0.0127. The number of hydrogen-bond acceptors (Lipinski definition) is 7. The number of allylic oxidation sites excluding steroid dienone is 2. The lowest BCUT2D eigenvalue weighted by atomic mass is 9.47. The number of ketones is 1. The summed E-state index contributed by atoms with van der Waals surface area (Å²) in [5, 5.41) is 3.01. The fraction of sp³-hybridized carbons (Fsp3) is 0.565. The molecule has 162 valence electrons.